The second-order valence-corrected chi connectivity index (χ2v) is 9.06. The summed E-state index contributed by atoms with van der Waals surface area (Å²) in [7, 11) is 1.65. The first-order valence-corrected chi connectivity index (χ1v) is 11.1. The number of H-pyrrole nitrogens is 1. The van der Waals surface area contributed by atoms with E-state index in [4.69, 9.17) is 9.72 Å². The molecule has 0 unspecified atom stereocenters. The number of methoxy groups -OCH3 is 1. The standard InChI is InChI=1S/C25H29N5O2/c1-18-26-24(28-27-18)25-16-29(13-19-7-4-3-5-8-19)14-21(25)15-30(17-25)23(31)12-20-9-6-10-22(11-20)32-2/h3-11,21H,12-17H2,1-2H3,(H,26,27,28)/t21-,25-/m0/s1. The van der Waals surface area contributed by atoms with Gasteiger partial charge in [-0.3, -0.25) is 14.8 Å². The number of nitrogens with one attached hydrogen (secondary N) is 1. The zero-order chi connectivity index (χ0) is 22.1. The molecular formula is C25H29N5O2. The van der Waals surface area contributed by atoms with Crippen LogP contribution in [0, 0.1) is 12.8 Å². The summed E-state index contributed by atoms with van der Waals surface area (Å²) in [6, 6.07) is 18.3. The highest BCUT2D eigenvalue weighted by Crippen LogP contribution is 2.44. The number of fused-ring (bicyclic) bond motifs is 1. The zero-order valence-electron chi connectivity index (χ0n) is 18.6. The normalized spacial score (nSPS) is 22.8. The average molecular weight is 432 g/mol. The van der Waals surface area contributed by atoms with E-state index in [1.54, 1.807) is 7.11 Å². The van der Waals surface area contributed by atoms with Crippen LogP contribution in [0.1, 0.15) is 22.8 Å². The Hall–Kier alpha value is -3.19. The van der Waals surface area contributed by atoms with Crippen molar-refractivity contribution in [2.45, 2.75) is 25.3 Å². The lowest BCUT2D eigenvalue weighted by atomic mass is 9.80. The molecule has 3 heterocycles. The van der Waals surface area contributed by atoms with Gasteiger partial charge in [0.1, 0.15) is 11.6 Å². The van der Waals surface area contributed by atoms with Gasteiger partial charge in [-0.05, 0) is 30.2 Å². The molecule has 2 aliphatic heterocycles. The molecule has 2 aromatic carbocycles. The van der Waals surface area contributed by atoms with E-state index in [-0.39, 0.29) is 11.3 Å². The third-order valence-electron chi connectivity index (χ3n) is 6.81. The molecule has 32 heavy (non-hydrogen) atoms. The first-order valence-electron chi connectivity index (χ1n) is 11.1. The van der Waals surface area contributed by atoms with Crippen molar-refractivity contribution < 1.29 is 9.53 Å². The Morgan fingerprint density at radius 1 is 1.12 bits per heavy atom. The van der Waals surface area contributed by atoms with Crippen molar-refractivity contribution in [2.24, 2.45) is 5.92 Å². The van der Waals surface area contributed by atoms with E-state index in [0.29, 0.717) is 18.9 Å². The Labute approximate surface area is 188 Å². The quantitative estimate of drug-likeness (QED) is 0.649. The van der Waals surface area contributed by atoms with Crippen LogP contribution in [0.4, 0.5) is 0 Å². The Morgan fingerprint density at radius 2 is 1.94 bits per heavy atom. The number of amides is 1. The van der Waals surface area contributed by atoms with Gasteiger partial charge in [0.2, 0.25) is 5.91 Å². The van der Waals surface area contributed by atoms with Crippen LogP contribution < -0.4 is 4.74 Å². The monoisotopic (exact) mass is 431 g/mol. The number of carbonyl (C=O) groups excluding carboxylic acids is 1. The van der Waals surface area contributed by atoms with Crippen LogP contribution >= 0.6 is 0 Å². The molecule has 7 heteroatoms. The molecule has 1 amide bonds. The van der Waals surface area contributed by atoms with E-state index in [2.05, 4.69) is 39.4 Å². The highest BCUT2D eigenvalue weighted by Gasteiger charge is 2.56. The van der Waals surface area contributed by atoms with Crippen LogP contribution in [-0.4, -0.2) is 64.2 Å². The Kier molecular flexibility index (Phi) is 5.43. The topological polar surface area (TPSA) is 74.3 Å². The van der Waals surface area contributed by atoms with Gasteiger partial charge in [-0.2, -0.15) is 5.10 Å². The molecule has 2 fully saturated rings. The van der Waals surface area contributed by atoms with Gasteiger partial charge in [-0.1, -0.05) is 42.5 Å². The molecule has 3 aromatic rings. The fourth-order valence-corrected chi connectivity index (χ4v) is 5.27. The number of aryl methyl sites for hydroxylation is 1. The molecule has 0 radical (unpaired) electrons. The predicted molar refractivity (Wildman–Crippen MR) is 121 cm³/mol. The molecule has 0 aliphatic carbocycles. The van der Waals surface area contributed by atoms with E-state index >= 15 is 0 Å². The summed E-state index contributed by atoms with van der Waals surface area (Å²) < 4.78 is 5.31. The van der Waals surface area contributed by atoms with Gasteiger partial charge >= 0.3 is 0 Å². The van der Waals surface area contributed by atoms with Crippen molar-refractivity contribution in [3.05, 3.63) is 77.4 Å². The number of hydrogen-bond donors (Lipinski definition) is 1. The number of ether oxygens (including phenoxy) is 1. The molecule has 0 bridgehead atoms. The van der Waals surface area contributed by atoms with Crippen LogP contribution in [0.25, 0.3) is 0 Å². The van der Waals surface area contributed by atoms with Gasteiger partial charge in [0.15, 0.2) is 5.82 Å². The largest absolute Gasteiger partial charge is 0.497 e. The first-order chi connectivity index (χ1) is 15.6. The Balaban J connectivity index is 1.35. The van der Waals surface area contributed by atoms with E-state index in [0.717, 1.165) is 49.1 Å². The molecule has 166 valence electrons. The molecule has 1 aromatic heterocycles. The van der Waals surface area contributed by atoms with Crippen molar-refractivity contribution in [1.29, 1.82) is 0 Å². The number of benzene rings is 2. The Bertz CT molecular complexity index is 1100. The fraction of sp³-hybridized carbons (Fsp3) is 0.400. The fourth-order valence-electron chi connectivity index (χ4n) is 5.27. The highest BCUT2D eigenvalue weighted by molar-refractivity contribution is 5.79. The minimum Gasteiger partial charge on any atom is -0.497 e. The summed E-state index contributed by atoms with van der Waals surface area (Å²) in [5, 5.41) is 7.57. The maximum Gasteiger partial charge on any atom is 0.227 e. The van der Waals surface area contributed by atoms with Crippen molar-refractivity contribution in [3.8, 4) is 5.75 Å². The van der Waals surface area contributed by atoms with Gasteiger partial charge in [-0.15, -0.1) is 0 Å². The summed E-state index contributed by atoms with van der Waals surface area (Å²) >= 11 is 0. The van der Waals surface area contributed by atoms with Crippen LogP contribution in [0.15, 0.2) is 54.6 Å². The molecule has 7 nitrogen and oxygen atoms in total. The maximum atomic E-state index is 13.2. The van der Waals surface area contributed by atoms with E-state index in [9.17, 15) is 4.79 Å². The van der Waals surface area contributed by atoms with Gasteiger partial charge in [0.25, 0.3) is 0 Å². The van der Waals surface area contributed by atoms with Crippen LogP contribution in [0.5, 0.6) is 5.75 Å². The second-order valence-electron chi connectivity index (χ2n) is 9.06. The molecule has 2 atom stereocenters. The smallest absolute Gasteiger partial charge is 0.227 e. The highest BCUT2D eigenvalue weighted by atomic mass is 16.5. The number of aromatic amines is 1. The predicted octanol–water partition coefficient (Wildman–Crippen LogP) is 2.58. The third-order valence-corrected chi connectivity index (χ3v) is 6.81. The molecule has 2 saturated heterocycles. The summed E-state index contributed by atoms with van der Waals surface area (Å²) in [6.45, 7) is 6.02. The lowest BCUT2D eigenvalue weighted by Gasteiger charge is -2.27. The number of hydrogen-bond acceptors (Lipinski definition) is 5. The first kappa shape index (κ1) is 20.7. The van der Waals surface area contributed by atoms with Gasteiger partial charge in [-0.25, -0.2) is 4.98 Å². The minimum absolute atomic E-state index is 0.147. The molecule has 5 rings (SSSR count). The summed E-state index contributed by atoms with van der Waals surface area (Å²) in [6.07, 6.45) is 0.376. The van der Waals surface area contributed by atoms with E-state index in [1.165, 1.54) is 5.56 Å². The van der Waals surface area contributed by atoms with Gasteiger partial charge in [0, 0.05) is 38.6 Å². The van der Waals surface area contributed by atoms with Crippen LogP contribution in [0.2, 0.25) is 0 Å². The molecular weight excluding hydrogens is 402 g/mol. The molecule has 2 aliphatic rings. The number of aromatic nitrogens is 3. The molecule has 0 saturated carbocycles. The molecule has 1 N–H and O–H groups in total. The van der Waals surface area contributed by atoms with E-state index < -0.39 is 0 Å². The molecule has 0 spiro atoms. The van der Waals surface area contributed by atoms with Crippen LogP contribution in [0.3, 0.4) is 0 Å². The summed E-state index contributed by atoms with van der Waals surface area (Å²) in [4.78, 5) is 22.4. The summed E-state index contributed by atoms with van der Waals surface area (Å²) in [5.74, 6) is 2.89. The van der Waals surface area contributed by atoms with E-state index in [1.807, 2.05) is 42.2 Å². The third kappa shape index (κ3) is 3.88. The lowest BCUT2D eigenvalue weighted by Crippen LogP contribution is -2.40. The minimum atomic E-state index is -0.233. The number of likely N-dealkylation sites (tertiary alicyclic amines) is 2. The number of carbonyl (C=O) groups is 1. The van der Waals surface area contributed by atoms with Crippen molar-refractivity contribution in [1.82, 2.24) is 25.0 Å². The number of nitrogens with zero attached hydrogens (tertiary/aromatic N) is 4. The second kappa shape index (κ2) is 8.39. The lowest BCUT2D eigenvalue weighted by molar-refractivity contribution is -0.129. The summed E-state index contributed by atoms with van der Waals surface area (Å²) in [5.41, 5.74) is 2.04. The van der Waals surface area contributed by atoms with Gasteiger partial charge in [0.05, 0.1) is 18.9 Å². The maximum absolute atomic E-state index is 13.2. The van der Waals surface area contributed by atoms with Crippen molar-refractivity contribution in [3.63, 3.8) is 0 Å². The SMILES string of the molecule is COc1cccc(CC(=O)N2C[C@@H]3CN(Cc4ccccc4)C[C@]3(c3n[nH]c(C)n3)C2)c1. The van der Waals surface area contributed by atoms with Gasteiger partial charge < -0.3 is 9.64 Å². The van der Waals surface area contributed by atoms with Crippen molar-refractivity contribution in [2.75, 3.05) is 33.3 Å². The van der Waals surface area contributed by atoms with Crippen LogP contribution in [-0.2, 0) is 23.2 Å². The average Bonchev–Trinajstić information content (AvgIpc) is 3.47. The number of rotatable bonds is 6. The zero-order valence-corrected chi connectivity index (χ0v) is 18.6. The van der Waals surface area contributed by atoms with Crippen molar-refractivity contribution >= 4 is 5.91 Å². The Morgan fingerprint density at radius 3 is 2.69 bits per heavy atom.